The van der Waals surface area contributed by atoms with Crippen molar-refractivity contribution in [3.05, 3.63) is 69.9 Å². The number of carbonyl (C=O) groups is 1. The highest BCUT2D eigenvalue weighted by Crippen LogP contribution is 2.02. The van der Waals surface area contributed by atoms with E-state index in [0.29, 0.717) is 18.5 Å². The molecule has 0 atom stereocenters. The normalized spacial score (nSPS) is 10.4. The molecule has 1 heterocycles. The number of aryl methyl sites for hydroxylation is 1. The van der Waals surface area contributed by atoms with Crippen LogP contribution in [0, 0.1) is 12.7 Å². The number of aromatic nitrogens is 1. The molecule has 0 aliphatic heterocycles. The summed E-state index contributed by atoms with van der Waals surface area (Å²) in [6.07, 6.45) is 2.21. The summed E-state index contributed by atoms with van der Waals surface area (Å²) in [6, 6.07) is 9.61. The molecule has 110 valence electrons. The van der Waals surface area contributed by atoms with Crippen molar-refractivity contribution < 1.29 is 9.18 Å². The first-order valence-electron chi connectivity index (χ1n) is 6.73. The molecule has 0 unspecified atom stereocenters. The second kappa shape index (κ2) is 6.83. The Bertz CT molecular complexity index is 677. The van der Waals surface area contributed by atoms with E-state index in [1.807, 2.05) is 0 Å². The first-order chi connectivity index (χ1) is 10.1. The SMILES string of the molecule is Cc1cccn(CC(=O)NCCc2ccc(F)cc2)c1=O. The third-order valence-corrected chi connectivity index (χ3v) is 3.17. The zero-order chi connectivity index (χ0) is 15.2. The fourth-order valence-corrected chi connectivity index (χ4v) is 1.99. The minimum absolute atomic E-state index is 0.00390. The van der Waals surface area contributed by atoms with Crippen LogP contribution in [0.3, 0.4) is 0 Å². The van der Waals surface area contributed by atoms with Gasteiger partial charge in [-0.1, -0.05) is 18.2 Å². The maximum absolute atomic E-state index is 12.7. The molecule has 0 radical (unpaired) electrons. The van der Waals surface area contributed by atoms with E-state index in [-0.39, 0.29) is 23.8 Å². The molecular formula is C16H17FN2O2. The summed E-state index contributed by atoms with van der Waals surface area (Å²) in [5, 5.41) is 2.75. The molecule has 0 bridgehead atoms. The van der Waals surface area contributed by atoms with Gasteiger partial charge in [0.05, 0.1) is 0 Å². The number of rotatable bonds is 5. The predicted octanol–water partition coefficient (Wildman–Crippen LogP) is 1.65. The molecule has 1 aromatic heterocycles. The second-order valence-electron chi connectivity index (χ2n) is 4.85. The largest absolute Gasteiger partial charge is 0.354 e. The maximum Gasteiger partial charge on any atom is 0.253 e. The molecular weight excluding hydrogens is 271 g/mol. The van der Waals surface area contributed by atoms with Crippen LogP contribution in [0.25, 0.3) is 0 Å². The number of nitrogens with zero attached hydrogens (tertiary/aromatic N) is 1. The summed E-state index contributed by atoms with van der Waals surface area (Å²) in [5.41, 5.74) is 1.40. The maximum atomic E-state index is 12.7. The van der Waals surface area contributed by atoms with E-state index in [1.54, 1.807) is 37.4 Å². The smallest absolute Gasteiger partial charge is 0.253 e. The number of hydrogen-bond acceptors (Lipinski definition) is 2. The molecule has 5 heteroatoms. The summed E-state index contributed by atoms with van der Waals surface area (Å²) >= 11 is 0. The van der Waals surface area contributed by atoms with Crippen LogP contribution < -0.4 is 10.9 Å². The zero-order valence-corrected chi connectivity index (χ0v) is 11.8. The number of amides is 1. The van der Waals surface area contributed by atoms with Crippen molar-refractivity contribution in [2.75, 3.05) is 6.54 Å². The first-order valence-corrected chi connectivity index (χ1v) is 6.73. The number of carbonyl (C=O) groups excluding carboxylic acids is 1. The van der Waals surface area contributed by atoms with Gasteiger partial charge in [0.15, 0.2) is 0 Å². The van der Waals surface area contributed by atoms with Gasteiger partial charge in [-0.15, -0.1) is 0 Å². The molecule has 0 fully saturated rings. The van der Waals surface area contributed by atoms with Crippen molar-refractivity contribution in [1.82, 2.24) is 9.88 Å². The van der Waals surface area contributed by atoms with E-state index in [1.165, 1.54) is 16.7 Å². The van der Waals surface area contributed by atoms with Crippen LogP contribution in [0.1, 0.15) is 11.1 Å². The third kappa shape index (κ3) is 4.27. The van der Waals surface area contributed by atoms with Crippen LogP contribution in [0.15, 0.2) is 47.4 Å². The van der Waals surface area contributed by atoms with Crippen molar-refractivity contribution in [2.24, 2.45) is 0 Å². The van der Waals surface area contributed by atoms with Crippen LogP contribution >= 0.6 is 0 Å². The Morgan fingerprint density at radius 3 is 2.67 bits per heavy atom. The lowest BCUT2D eigenvalue weighted by molar-refractivity contribution is -0.121. The molecule has 0 spiro atoms. The van der Waals surface area contributed by atoms with Gasteiger partial charge >= 0.3 is 0 Å². The van der Waals surface area contributed by atoms with E-state index in [9.17, 15) is 14.0 Å². The van der Waals surface area contributed by atoms with Gasteiger partial charge in [0.2, 0.25) is 5.91 Å². The van der Waals surface area contributed by atoms with Gasteiger partial charge in [-0.3, -0.25) is 9.59 Å². The van der Waals surface area contributed by atoms with Crippen LogP contribution in [-0.4, -0.2) is 17.0 Å². The lowest BCUT2D eigenvalue weighted by Gasteiger charge is -2.08. The van der Waals surface area contributed by atoms with E-state index < -0.39 is 0 Å². The zero-order valence-electron chi connectivity index (χ0n) is 11.8. The van der Waals surface area contributed by atoms with Crippen LogP contribution in [0.5, 0.6) is 0 Å². The molecule has 0 saturated carbocycles. The van der Waals surface area contributed by atoms with Gasteiger partial charge in [0.25, 0.3) is 5.56 Å². The Morgan fingerprint density at radius 2 is 1.95 bits per heavy atom. The van der Waals surface area contributed by atoms with Crippen molar-refractivity contribution in [2.45, 2.75) is 19.9 Å². The second-order valence-corrected chi connectivity index (χ2v) is 4.85. The number of benzene rings is 1. The molecule has 0 aliphatic rings. The Hall–Kier alpha value is -2.43. The standard InChI is InChI=1S/C16H17FN2O2/c1-12-3-2-10-19(16(12)21)11-15(20)18-9-8-13-4-6-14(17)7-5-13/h2-7,10H,8-9,11H2,1H3,(H,18,20). The predicted molar refractivity (Wildman–Crippen MR) is 78.6 cm³/mol. The highest BCUT2D eigenvalue weighted by Gasteiger charge is 2.05. The molecule has 2 rings (SSSR count). The van der Waals surface area contributed by atoms with Crippen molar-refractivity contribution in [1.29, 1.82) is 0 Å². The lowest BCUT2D eigenvalue weighted by atomic mass is 10.1. The van der Waals surface area contributed by atoms with Gasteiger partial charge in [-0.25, -0.2) is 4.39 Å². The molecule has 21 heavy (non-hydrogen) atoms. The molecule has 0 aliphatic carbocycles. The molecule has 0 saturated heterocycles. The topological polar surface area (TPSA) is 51.1 Å². The molecule has 1 N–H and O–H groups in total. The fraction of sp³-hybridized carbons (Fsp3) is 0.250. The summed E-state index contributed by atoms with van der Waals surface area (Å²) in [5.74, 6) is -0.494. The lowest BCUT2D eigenvalue weighted by Crippen LogP contribution is -2.33. The highest BCUT2D eigenvalue weighted by atomic mass is 19.1. The highest BCUT2D eigenvalue weighted by molar-refractivity contribution is 5.75. The molecule has 2 aromatic rings. The monoisotopic (exact) mass is 288 g/mol. The van der Waals surface area contributed by atoms with E-state index in [4.69, 9.17) is 0 Å². The molecule has 1 amide bonds. The van der Waals surface area contributed by atoms with Crippen LogP contribution in [0.2, 0.25) is 0 Å². The summed E-state index contributed by atoms with van der Waals surface area (Å²) in [6.45, 7) is 2.17. The number of nitrogens with one attached hydrogen (secondary N) is 1. The van der Waals surface area contributed by atoms with Crippen LogP contribution in [0.4, 0.5) is 4.39 Å². The number of halogens is 1. The van der Waals surface area contributed by atoms with Gasteiger partial charge in [0, 0.05) is 18.3 Å². The Balaban J connectivity index is 1.84. The average molecular weight is 288 g/mol. The number of hydrogen-bond donors (Lipinski definition) is 1. The van der Waals surface area contributed by atoms with Gasteiger partial charge in [0.1, 0.15) is 12.4 Å². The first kappa shape index (κ1) is 15.0. The van der Waals surface area contributed by atoms with Crippen molar-refractivity contribution in [3.63, 3.8) is 0 Å². The quantitative estimate of drug-likeness (QED) is 0.909. The van der Waals surface area contributed by atoms with Gasteiger partial charge in [-0.05, 0) is 37.1 Å². The third-order valence-electron chi connectivity index (χ3n) is 3.17. The van der Waals surface area contributed by atoms with Crippen molar-refractivity contribution in [3.8, 4) is 0 Å². The summed E-state index contributed by atoms with van der Waals surface area (Å²) in [4.78, 5) is 23.6. The molecule has 4 nitrogen and oxygen atoms in total. The summed E-state index contributed by atoms with van der Waals surface area (Å²) in [7, 11) is 0. The van der Waals surface area contributed by atoms with Crippen LogP contribution in [-0.2, 0) is 17.8 Å². The van der Waals surface area contributed by atoms with E-state index in [0.717, 1.165) is 5.56 Å². The Labute approximate surface area is 122 Å². The van der Waals surface area contributed by atoms with Gasteiger partial charge in [-0.2, -0.15) is 0 Å². The number of pyridine rings is 1. The van der Waals surface area contributed by atoms with Crippen molar-refractivity contribution >= 4 is 5.91 Å². The average Bonchev–Trinajstić information content (AvgIpc) is 2.46. The van der Waals surface area contributed by atoms with Gasteiger partial charge < -0.3 is 9.88 Å². The van der Waals surface area contributed by atoms with E-state index in [2.05, 4.69) is 5.32 Å². The Kier molecular flexibility index (Phi) is 4.87. The minimum Gasteiger partial charge on any atom is -0.354 e. The molecule has 1 aromatic carbocycles. The minimum atomic E-state index is -0.276. The van der Waals surface area contributed by atoms with E-state index >= 15 is 0 Å². The summed E-state index contributed by atoms with van der Waals surface area (Å²) < 4.78 is 14.1. The fourth-order valence-electron chi connectivity index (χ4n) is 1.99. The Morgan fingerprint density at radius 1 is 1.24 bits per heavy atom.